The molecule has 0 aromatic heterocycles. The van der Waals surface area contributed by atoms with Gasteiger partial charge in [0.25, 0.3) is 17.3 Å². The van der Waals surface area contributed by atoms with Gasteiger partial charge < -0.3 is 9.64 Å². The van der Waals surface area contributed by atoms with Gasteiger partial charge in [0.15, 0.2) is 0 Å². The minimum absolute atomic E-state index is 0.0811. The third-order valence-corrected chi connectivity index (χ3v) is 5.59. The summed E-state index contributed by atoms with van der Waals surface area (Å²) in [7, 11) is 1.50. The fraction of sp³-hybridized carbons (Fsp3) is 0.348. The largest absolute Gasteiger partial charge is 0.383 e. The van der Waals surface area contributed by atoms with Gasteiger partial charge in [-0.2, -0.15) is 5.10 Å². The van der Waals surface area contributed by atoms with E-state index in [1.807, 2.05) is 0 Å². The van der Waals surface area contributed by atoms with Crippen LogP contribution in [0.4, 0.5) is 11.4 Å². The van der Waals surface area contributed by atoms with Gasteiger partial charge in [0.05, 0.1) is 28.2 Å². The first-order valence-electron chi connectivity index (χ1n) is 10.9. The lowest BCUT2D eigenvalue weighted by Crippen LogP contribution is -2.42. The summed E-state index contributed by atoms with van der Waals surface area (Å²) in [6, 6.07) is 11.1. The summed E-state index contributed by atoms with van der Waals surface area (Å²) in [5, 5.41) is 28.0. The molecule has 0 radical (unpaired) electrons. The van der Waals surface area contributed by atoms with E-state index in [0.29, 0.717) is 16.8 Å². The SMILES string of the molecule is CCC(=O)N(CCOC)CC(=O)N1N=C(c2ccc([N+](=O)[O-])cc2)C[C@H]1c1cccc([N+](=O)[O-])c1. The average molecular weight is 483 g/mol. The number of benzene rings is 2. The predicted octanol–water partition coefficient (Wildman–Crippen LogP) is 3.07. The fourth-order valence-corrected chi connectivity index (χ4v) is 3.75. The van der Waals surface area contributed by atoms with E-state index in [1.54, 1.807) is 25.1 Å². The second kappa shape index (κ2) is 11.3. The lowest BCUT2D eigenvalue weighted by atomic mass is 9.98. The number of amides is 2. The number of nitro benzene ring substituents is 2. The number of ether oxygens (including phenoxy) is 1. The zero-order valence-electron chi connectivity index (χ0n) is 19.3. The van der Waals surface area contributed by atoms with E-state index in [2.05, 4.69) is 5.10 Å². The third-order valence-electron chi connectivity index (χ3n) is 5.59. The quantitative estimate of drug-likeness (QED) is 0.372. The van der Waals surface area contributed by atoms with Crippen LogP contribution in [0.15, 0.2) is 53.6 Å². The molecule has 0 fully saturated rings. The monoisotopic (exact) mass is 483 g/mol. The van der Waals surface area contributed by atoms with Crippen molar-refractivity contribution in [2.75, 3.05) is 26.8 Å². The van der Waals surface area contributed by atoms with Crippen molar-refractivity contribution in [3.05, 3.63) is 79.9 Å². The van der Waals surface area contributed by atoms with Gasteiger partial charge in [-0.1, -0.05) is 19.1 Å². The Labute approximate surface area is 201 Å². The van der Waals surface area contributed by atoms with Crippen LogP contribution in [0, 0.1) is 20.2 Å². The molecule has 0 unspecified atom stereocenters. The number of carbonyl (C=O) groups excluding carboxylic acids is 2. The predicted molar refractivity (Wildman–Crippen MR) is 126 cm³/mol. The molecule has 0 bridgehead atoms. The average Bonchev–Trinajstić information content (AvgIpc) is 3.32. The van der Waals surface area contributed by atoms with E-state index in [-0.39, 0.29) is 49.8 Å². The smallest absolute Gasteiger partial charge is 0.269 e. The first kappa shape index (κ1) is 25.4. The van der Waals surface area contributed by atoms with Crippen molar-refractivity contribution in [2.45, 2.75) is 25.8 Å². The molecule has 2 amide bonds. The van der Waals surface area contributed by atoms with Crippen LogP contribution < -0.4 is 0 Å². The molecule has 1 heterocycles. The van der Waals surface area contributed by atoms with Crippen LogP contribution >= 0.6 is 0 Å². The molecule has 1 atom stereocenters. The van der Waals surface area contributed by atoms with Crippen LogP contribution in [-0.2, 0) is 14.3 Å². The number of nitrogens with zero attached hydrogens (tertiary/aromatic N) is 5. The van der Waals surface area contributed by atoms with Crippen LogP contribution in [-0.4, -0.2) is 64.1 Å². The summed E-state index contributed by atoms with van der Waals surface area (Å²) in [5.41, 5.74) is 1.39. The Morgan fingerprint density at radius 2 is 1.80 bits per heavy atom. The van der Waals surface area contributed by atoms with Crippen LogP contribution in [0.3, 0.4) is 0 Å². The van der Waals surface area contributed by atoms with E-state index < -0.39 is 21.8 Å². The Morgan fingerprint density at radius 1 is 1.11 bits per heavy atom. The molecular weight excluding hydrogens is 458 g/mol. The number of rotatable bonds is 10. The Bertz CT molecular complexity index is 1150. The lowest BCUT2D eigenvalue weighted by molar-refractivity contribution is -0.385. The Morgan fingerprint density at radius 3 is 2.40 bits per heavy atom. The molecule has 2 aromatic rings. The van der Waals surface area contributed by atoms with Crippen molar-refractivity contribution in [3.63, 3.8) is 0 Å². The highest BCUT2D eigenvalue weighted by Crippen LogP contribution is 2.34. The molecule has 0 saturated heterocycles. The number of hydrazone groups is 1. The van der Waals surface area contributed by atoms with Gasteiger partial charge in [0.1, 0.15) is 6.54 Å². The number of carbonyl (C=O) groups is 2. The van der Waals surface area contributed by atoms with Crippen molar-refractivity contribution < 1.29 is 24.2 Å². The van der Waals surface area contributed by atoms with Gasteiger partial charge in [-0.15, -0.1) is 0 Å². The van der Waals surface area contributed by atoms with Crippen molar-refractivity contribution in [2.24, 2.45) is 5.10 Å². The summed E-state index contributed by atoms with van der Waals surface area (Å²) in [5.74, 6) is -0.683. The van der Waals surface area contributed by atoms with E-state index in [0.717, 1.165) is 0 Å². The van der Waals surface area contributed by atoms with Gasteiger partial charge in [-0.05, 0) is 23.3 Å². The van der Waals surface area contributed by atoms with Crippen LogP contribution in [0.1, 0.15) is 36.9 Å². The second-order valence-corrected chi connectivity index (χ2v) is 7.82. The van der Waals surface area contributed by atoms with Gasteiger partial charge in [-0.3, -0.25) is 29.8 Å². The minimum Gasteiger partial charge on any atom is -0.383 e. The zero-order valence-corrected chi connectivity index (χ0v) is 19.3. The topological polar surface area (TPSA) is 148 Å². The second-order valence-electron chi connectivity index (χ2n) is 7.82. The van der Waals surface area contributed by atoms with E-state index >= 15 is 0 Å². The number of hydrogen-bond donors (Lipinski definition) is 0. The number of nitro groups is 2. The van der Waals surface area contributed by atoms with Crippen LogP contribution in [0.5, 0.6) is 0 Å². The molecule has 184 valence electrons. The van der Waals surface area contributed by atoms with Crippen molar-refractivity contribution >= 4 is 28.9 Å². The number of hydrogen-bond acceptors (Lipinski definition) is 8. The molecule has 12 nitrogen and oxygen atoms in total. The van der Waals surface area contributed by atoms with Crippen molar-refractivity contribution in [3.8, 4) is 0 Å². The molecule has 1 aliphatic heterocycles. The molecule has 1 aliphatic rings. The Hall–Kier alpha value is -4.19. The highest BCUT2D eigenvalue weighted by atomic mass is 16.6. The standard InChI is InChI=1S/C23H25N5O7/c1-3-22(29)25(11-12-35-2)15-23(30)26-21(17-5-4-6-19(13-17)28(33)34)14-20(24-26)16-7-9-18(10-8-16)27(31)32/h4-10,13,21H,3,11-12,14-15H2,1-2H3/t21-/m0/s1. The number of non-ortho nitro benzene ring substituents is 2. The van der Waals surface area contributed by atoms with Gasteiger partial charge in [-0.25, -0.2) is 5.01 Å². The summed E-state index contributed by atoms with van der Waals surface area (Å²) in [6.07, 6.45) is 0.452. The summed E-state index contributed by atoms with van der Waals surface area (Å²) in [4.78, 5) is 48.3. The zero-order chi connectivity index (χ0) is 25.5. The van der Waals surface area contributed by atoms with Gasteiger partial charge >= 0.3 is 0 Å². The summed E-state index contributed by atoms with van der Waals surface area (Å²) >= 11 is 0. The lowest BCUT2D eigenvalue weighted by Gasteiger charge is -2.26. The van der Waals surface area contributed by atoms with E-state index in [4.69, 9.17) is 4.74 Å². The van der Waals surface area contributed by atoms with Gasteiger partial charge in [0.2, 0.25) is 5.91 Å². The maximum Gasteiger partial charge on any atom is 0.269 e. The van der Waals surface area contributed by atoms with Crippen LogP contribution in [0.25, 0.3) is 0 Å². The molecule has 0 aliphatic carbocycles. The Kier molecular flexibility index (Phi) is 8.21. The molecule has 2 aromatic carbocycles. The van der Waals surface area contributed by atoms with Crippen molar-refractivity contribution in [1.29, 1.82) is 0 Å². The maximum atomic E-state index is 13.3. The highest BCUT2D eigenvalue weighted by Gasteiger charge is 2.35. The minimum atomic E-state index is -0.645. The van der Waals surface area contributed by atoms with Gasteiger partial charge in [0, 0.05) is 50.8 Å². The Balaban J connectivity index is 1.95. The van der Waals surface area contributed by atoms with Crippen LogP contribution in [0.2, 0.25) is 0 Å². The molecule has 0 saturated carbocycles. The first-order valence-corrected chi connectivity index (χ1v) is 10.9. The molecule has 3 rings (SSSR count). The molecule has 0 spiro atoms. The first-order chi connectivity index (χ1) is 16.7. The maximum absolute atomic E-state index is 13.3. The molecule has 35 heavy (non-hydrogen) atoms. The van der Waals surface area contributed by atoms with E-state index in [1.165, 1.54) is 47.4 Å². The molecule has 12 heteroatoms. The normalized spacial score (nSPS) is 15.0. The van der Waals surface area contributed by atoms with Crippen molar-refractivity contribution in [1.82, 2.24) is 9.91 Å². The van der Waals surface area contributed by atoms with E-state index in [9.17, 15) is 29.8 Å². The molecule has 0 N–H and O–H groups in total. The summed E-state index contributed by atoms with van der Waals surface area (Å²) < 4.78 is 5.04. The highest BCUT2D eigenvalue weighted by molar-refractivity contribution is 6.03. The summed E-state index contributed by atoms with van der Waals surface area (Å²) in [6.45, 7) is 1.94. The third kappa shape index (κ3) is 6.03. The number of methoxy groups -OCH3 is 1. The molecular formula is C23H25N5O7. The fourth-order valence-electron chi connectivity index (χ4n) is 3.75.